The Bertz CT molecular complexity index is 877. The third kappa shape index (κ3) is 4.64. The van der Waals surface area contributed by atoms with Crippen molar-refractivity contribution in [2.45, 2.75) is 46.5 Å². The van der Waals surface area contributed by atoms with Crippen molar-refractivity contribution in [3.05, 3.63) is 47.3 Å². The molecule has 9 heteroatoms. The number of nitrogens with zero attached hydrogens (tertiary/aromatic N) is 4. The van der Waals surface area contributed by atoms with E-state index < -0.39 is 17.4 Å². The second kappa shape index (κ2) is 7.46. The molecule has 2 aromatic rings. The van der Waals surface area contributed by atoms with Gasteiger partial charge in [-0.1, -0.05) is 20.8 Å². The van der Waals surface area contributed by atoms with Crippen LogP contribution < -0.4 is 5.32 Å². The molecule has 0 saturated carbocycles. The van der Waals surface area contributed by atoms with Gasteiger partial charge < -0.3 is 5.32 Å². The van der Waals surface area contributed by atoms with Crippen LogP contribution in [0.15, 0.2) is 24.7 Å². The van der Waals surface area contributed by atoms with Crippen molar-refractivity contribution in [3.63, 3.8) is 0 Å². The number of alkyl halides is 3. The first-order valence-electron chi connectivity index (χ1n) is 8.93. The molecule has 28 heavy (non-hydrogen) atoms. The van der Waals surface area contributed by atoms with Gasteiger partial charge in [0.1, 0.15) is 0 Å². The Hall–Kier alpha value is -2.55. The topological polar surface area (TPSA) is 71.0 Å². The summed E-state index contributed by atoms with van der Waals surface area (Å²) >= 11 is 0. The fourth-order valence-electron chi connectivity index (χ4n) is 2.87. The molecule has 0 radical (unpaired) electrons. The van der Waals surface area contributed by atoms with E-state index in [1.807, 2.05) is 20.8 Å². The van der Waals surface area contributed by atoms with E-state index in [4.69, 9.17) is 0 Å². The Labute approximate surface area is 161 Å². The number of pyridine rings is 1. The van der Waals surface area contributed by atoms with Gasteiger partial charge in [0.25, 0.3) is 0 Å². The van der Waals surface area contributed by atoms with Gasteiger partial charge in [0.15, 0.2) is 0 Å². The fraction of sp³-hybridized carbons (Fsp3) is 0.474. The molecule has 0 fully saturated rings. The molecule has 0 aliphatic carbocycles. The molecular formula is C19H22F3N5O. The Morgan fingerprint density at radius 1 is 1.25 bits per heavy atom. The van der Waals surface area contributed by atoms with Crippen LogP contribution in [0.4, 0.5) is 18.9 Å². The molecular weight excluding hydrogens is 371 g/mol. The molecule has 1 N–H and O–H groups in total. The van der Waals surface area contributed by atoms with Crippen molar-refractivity contribution in [2.75, 3.05) is 11.9 Å². The summed E-state index contributed by atoms with van der Waals surface area (Å²) in [5, 5.41) is 2.93. The Balaban J connectivity index is 1.74. The summed E-state index contributed by atoms with van der Waals surface area (Å²) in [5.74, 6) is -1.20. The van der Waals surface area contributed by atoms with Crippen molar-refractivity contribution in [3.8, 4) is 0 Å². The average molecular weight is 393 g/mol. The van der Waals surface area contributed by atoms with Crippen molar-refractivity contribution in [2.24, 2.45) is 5.41 Å². The number of rotatable bonds is 3. The van der Waals surface area contributed by atoms with Gasteiger partial charge >= 0.3 is 6.18 Å². The van der Waals surface area contributed by atoms with Gasteiger partial charge in [0, 0.05) is 66.9 Å². The quantitative estimate of drug-likeness (QED) is 0.865. The standard InChI is InChI=1S/C19H22F3N5O/c1-18(2,3)17(28)26-14-4-6-23-8-12(14)10-27-7-5-15-13(11-27)9-24-16(25-15)19(20,21)22/h4,6,8-9H,5,7,10-11H2,1-3H3,(H,23,26,28). The normalized spacial score (nSPS) is 15.2. The first kappa shape index (κ1) is 20.2. The Kier molecular flexibility index (Phi) is 5.38. The Morgan fingerprint density at radius 2 is 2.00 bits per heavy atom. The molecule has 1 amide bonds. The van der Waals surface area contributed by atoms with Gasteiger partial charge in [0.05, 0.1) is 5.69 Å². The van der Waals surface area contributed by atoms with E-state index in [0.717, 1.165) is 5.56 Å². The molecule has 1 aliphatic heterocycles. The van der Waals surface area contributed by atoms with Crippen molar-refractivity contribution < 1.29 is 18.0 Å². The second-order valence-corrected chi connectivity index (χ2v) is 7.86. The van der Waals surface area contributed by atoms with Crippen LogP contribution >= 0.6 is 0 Å². The highest BCUT2D eigenvalue weighted by Crippen LogP contribution is 2.28. The summed E-state index contributed by atoms with van der Waals surface area (Å²) in [4.78, 5) is 25.6. The molecule has 3 heterocycles. The summed E-state index contributed by atoms with van der Waals surface area (Å²) in [6.45, 7) is 7.01. The number of halogens is 3. The van der Waals surface area contributed by atoms with E-state index in [2.05, 4.69) is 25.2 Å². The van der Waals surface area contributed by atoms with Crippen LogP contribution in [0.5, 0.6) is 0 Å². The minimum absolute atomic E-state index is 0.1000. The zero-order valence-corrected chi connectivity index (χ0v) is 16.0. The summed E-state index contributed by atoms with van der Waals surface area (Å²) < 4.78 is 38.3. The van der Waals surface area contributed by atoms with Gasteiger partial charge in [-0.2, -0.15) is 13.2 Å². The zero-order valence-electron chi connectivity index (χ0n) is 16.0. The van der Waals surface area contributed by atoms with Gasteiger partial charge in [-0.3, -0.25) is 14.7 Å². The summed E-state index contributed by atoms with van der Waals surface area (Å²) in [5.41, 5.74) is 2.12. The van der Waals surface area contributed by atoms with Crippen LogP contribution in [0.1, 0.15) is 43.4 Å². The first-order valence-corrected chi connectivity index (χ1v) is 8.93. The molecule has 2 aromatic heterocycles. The highest BCUT2D eigenvalue weighted by molar-refractivity contribution is 5.95. The maximum Gasteiger partial charge on any atom is 0.451 e. The fourth-order valence-corrected chi connectivity index (χ4v) is 2.87. The number of aromatic nitrogens is 3. The molecule has 150 valence electrons. The monoisotopic (exact) mass is 393 g/mol. The number of nitrogens with one attached hydrogen (secondary N) is 1. The predicted molar refractivity (Wildman–Crippen MR) is 97.2 cm³/mol. The third-order valence-electron chi connectivity index (χ3n) is 4.49. The van der Waals surface area contributed by atoms with Crippen LogP contribution in [0, 0.1) is 5.41 Å². The van der Waals surface area contributed by atoms with E-state index in [9.17, 15) is 18.0 Å². The van der Waals surface area contributed by atoms with Crippen LogP contribution in [-0.4, -0.2) is 32.3 Å². The minimum Gasteiger partial charge on any atom is -0.325 e. The molecule has 6 nitrogen and oxygen atoms in total. The number of hydrogen-bond acceptors (Lipinski definition) is 5. The van der Waals surface area contributed by atoms with Crippen LogP contribution in [0.2, 0.25) is 0 Å². The molecule has 0 unspecified atom stereocenters. The van der Waals surface area contributed by atoms with E-state index in [1.54, 1.807) is 18.5 Å². The smallest absolute Gasteiger partial charge is 0.325 e. The van der Waals surface area contributed by atoms with Gasteiger partial charge in [-0.25, -0.2) is 9.97 Å². The average Bonchev–Trinajstić information content (AvgIpc) is 2.61. The summed E-state index contributed by atoms with van der Waals surface area (Å²) in [6, 6.07) is 1.75. The molecule has 3 rings (SSSR count). The maximum atomic E-state index is 12.8. The van der Waals surface area contributed by atoms with E-state index in [-0.39, 0.29) is 5.91 Å². The van der Waals surface area contributed by atoms with E-state index >= 15 is 0 Å². The summed E-state index contributed by atoms with van der Waals surface area (Å²) in [6.07, 6.45) is 0.423. The lowest BCUT2D eigenvalue weighted by atomic mass is 9.95. The van der Waals surface area contributed by atoms with Gasteiger partial charge in [-0.05, 0) is 6.07 Å². The predicted octanol–water partition coefficient (Wildman–Crippen LogP) is 3.43. The maximum absolute atomic E-state index is 12.8. The summed E-state index contributed by atoms with van der Waals surface area (Å²) in [7, 11) is 0. The largest absolute Gasteiger partial charge is 0.451 e. The van der Waals surface area contributed by atoms with Crippen molar-refractivity contribution >= 4 is 11.6 Å². The molecule has 0 atom stereocenters. The highest BCUT2D eigenvalue weighted by atomic mass is 19.4. The number of hydrogen-bond donors (Lipinski definition) is 1. The Morgan fingerprint density at radius 3 is 2.68 bits per heavy atom. The molecule has 0 bridgehead atoms. The lowest BCUT2D eigenvalue weighted by Crippen LogP contribution is -2.32. The van der Waals surface area contributed by atoms with Crippen molar-refractivity contribution in [1.29, 1.82) is 0 Å². The lowest BCUT2D eigenvalue weighted by Gasteiger charge is -2.29. The van der Waals surface area contributed by atoms with E-state index in [1.165, 1.54) is 6.20 Å². The van der Waals surface area contributed by atoms with Gasteiger partial charge in [-0.15, -0.1) is 0 Å². The highest BCUT2D eigenvalue weighted by Gasteiger charge is 2.35. The van der Waals surface area contributed by atoms with Crippen LogP contribution in [-0.2, 0) is 30.5 Å². The lowest BCUT2D eigenvalue weighted by molar-refractivity contribution is -0.145. The molecule has 0 aromatic carbocycles. The second-order valence-electron chi connectivity index (χ2n) is 7.86. The number of carbonyl (C=O) groups is 1. The first-order chi connectivity index (χ1) is 13.0. The number of fused-ring (bicyclic) bond motifs is 1. The molecule has 0 spiro atoms. The number of anilines is 1. The van der Waals surface area contributed by atoms with E-state index in [0.29, 0.717) is 43.0 Å². The van der Waals surface area contributed by atoms with Crippen LogP contribution in [0.25, 0.3) is 0 Å². The van der Waals surface area contributed by atoms with Crippen molar-refractivity contribution in [1.82, 2.24) is 19.9 Å². The minimum atomic E-state index is -4.54. The van der Waals surface area contributed by atoms with Gasteiger partial charge in [0.2, 0.25) is 11.7 Å². The number of amides is 1. The van der Waals surface area contributed by atoms with Crippen LogP contribution in [0.3, 0.4) is 0 Å². The number of carbonyl (C=O) groups excluding carboxylic acids is 1. The SMILES string of the molecule is CC(C)(C)C(=O)Nc1ccncc1CN1CCc2nc(C(F)(F)F)ncc2C1. The third-order valence-corrected chi connectivity index (χ3v) is 4.49. The molecule has 0 saturated heterocycles. The molecule has 1 aliphatic rings. The zero-order chi connectivity index (χ0) is 20.5.